The monoisotopic (exact) mass is 222 g/mol. The lowest BCUT2D eigenvalue weighted by Crippen LogP contribution is -2.49. The zero-order valence-electron chi connectivity index (χ0n) is 11.2. The van der Waals surface area contributed by atoms with Gasteiger partial charge in [0.15, 0.2) is 0 Å². The maximum absolute atomic E-state index is 9.69. The Hall–Kier alpha value is -0.300. The quantitative estimate of drug-likeness (QED) is 0.669. The molecule has 1 nitrogen and oxygen atoms in total. The fourth-order valence-electron chi connectivity index (χ4n) is 4.49. The number of hydrogen-bond donors (Lipinski definition) is 1. The minimum Gasteiger partial charge on any atom is -0.396 e. The molecule has 0 spiro atoms. The van der Waals surface area contributed by atoms with Crippen molar-refractivity contribution in [1.82, 2.24) is 0 Å². The largest absolute Gasteiger partial charge is 0.396 e. The van der Waals surface area contributed by atoms with Gasteiger partial charge in [-0.2, -0.15) is 0 Å². The summed E-state index contributed by atoms with van der Waals surface area (Å²) in [6.07, 6.45) is 7.55. The first-order chi connectivity index (χ1) is 7.42. The van der Waals surface area contributed by atoms with Crippen molar-refractivity contribution >= 4 is 0 Å². The van der Waals surface area contributed by atoms with E-state index in [2.05, 4.69) is 33.8 Å². The van der Waals surface area contributed by atoms with Gasteiger partial charge in [0.25, 0.3) is 0 Å². The summed E-state index contributed by atoms with van der Waals surface area (Å²) in [6, 6.07) is 0. The molecule has 2 aliphatic rings. The number of fused-ring (bicyclic) bond motifs is 1. The molecule has 2 rings (SSSR count). The van der Waals surface area contributed by atoms with Crippen LogP contribution in [-0.4, -0.2) is 11.7 Å². The average molecular weight is 222 g/mol. The molecule has 0 aromatic carbocycles. The van der Waals surface area contributed by atoms with Crippen LogP contribution >= 0.6 is 0 Å². The van der Waals surface area contributed by atoms with Crippen molar-refractivity contribution in [3.05, 3.63) is 11.6 Å². The fourth-order valence-corrected chi connectivity index (χ4v) is 4.49. The molecule has 1 heteroatoms. The van der Waals surface area contributed by atoms with E-state index in [0.717, 1.165) is 5.92 Å². The van der Waals surface area contributed by atoms with Gasteiger partial charge in [-0.05, 0) is 42.9 Å². The van der Waals surface area contributed by atoms with E-state index in [1.54, 1.807) is 0 Å². The van der Waals surface area contributed by atoms with Crippen LogP contribution in [0, 0.1) is 22.7 Å². The molecule has 1 N–H and O–H groups in total. The Balaban J connectivity index is 2.39. The molecule has 0 unspecified atom stereocenters. The van der Waals surface area contributed by atoms with Crippen LogP contribution < -0.4 is 0 Å². The lowest BCUT2D eigenvalue weighted by atomic mass is 9.49. The third kappa shape index (κ3) is 1.64. The van der Waals surface area contributed by atoms with Crippen LogP contribution in [0.15, 0.2) is 11.6 Å². The van der Waals surface area contributed by atoms with Crippen molar-refractivity contribution in [3.63, 3.8) is 0 Å². The van der Waals surface area contributed by atoms with Gasteiger partial charge in [0.05, 0.1) is 6.61 Å². The van der Waals surface area contributed by atoms with Gasteiger partial charge in [-0.3, -0.25) is 0 Å². The van der Waals surface area contributed by atoms with Gasteiger partial charge in [0, 0.05) is 5.92 Å². The molecule has 0 amide bonds. The second-order valence-electron chi connectivity index (χ2n) is 6.82. The first-order valence-electron chi connectivity index (χ1n) is 6.69. The van der Waals surface area contributed by atoms with E-state index in [0.29, 0.717) is 23.4 Å². The Bertz CT molecular complexity index is 303. The minimum absolute atomic E-state index is 0.325. The van der Waals surface area contributed by atoms with Crippen molar-refractivity contribution < 1.29 is 5.11 Å². The molecule has 0 radical (unpaired) electrons. The first-order valence-corrected chi connectivity index (χ1v) is 6.69. The molecular formula is C15H26O. The molecule has 0 saturated heterocycles. The number of aliphatic hydroxyl groups is 1. The molecule has 3 atom stereocenters. The number of rotatable bonds is 1. The summed E-state index contributed by atoms with van der Waals surface area (Å²) in [5.74, 6) is 1.14. The second kappa shape index (κ2) is 3.87. The molecule has 1 fully saturated rings. The zero-order chi connectivity index (χ0) is 12.0. The van der Waals surface area contributed by atoms with Crippen LogP contribution in [0.3, 0.4) is 0 Å². The lowest BCUT2D eigenvalue weighted by Gasteiger charge is -2.56. The van der Waals surface area contributed by atoms with E-state index in [1.165, 1.54) is 31.3 Å². The molecule has 2 aliphatic carbocycles. The maximum atomic E-state index is 9.69. The molecule has 0 aliphatic heterocycles. The van der Waals surface area contributed by atoms with Crippen molar-refractivity contribution in [3.8, 4) is 0 Å². The normalized spacial score (nSPS) is 42.4. The van der Waals surface area contributed by atoms with E-state index in [1.807, 2.05) is 0 Å². The third-order valence-corrected chi connectivity index (χ3v) is 5.48. The van der Waals surface area contributed by atoms with Gasteiger partial charge in [0.1, 0.15) is 0 Å². The summed E-state index contributed by atoms with van der Waals surface area (Å²) in [7, 11) is 0. The molecular weight excluding hydrogens is 196 g/mol. The number of allylic oxidation sites excluding steroid dienone is 1. The second-order valence-corrected chi connectivity index (χ2v) is 6.82. The fraction of sp³-hybridized carbons (Fsp3) is 0.867. The van der Waals surface area contributed by atoms with Crippen molar-refractivity contribution in [2.45, 2.75) is 53.4 Å². The van der Waals surface area contributed by atoms with E-state index < -0.39 is 0 Å². The van der Waals surface area contributed by atoms with Crippen LogP contribution in [0.2, 0.25) is 0 Å². The predicted molar refractivity (Wildman–Crippen MR) is 68.2 cm³/mol. The van der Waals surface area contributed by atoms with Gasteiger partial charge in [-0.25, -0.2) is 0 Å². The van der Waals surface area contributed by atoms with E-state index in [-0.39, 0.29) is 0 Å². The van der Waals surface area contributed by atoms with Crippen LogP contribution in [0.4, 0.5) is 0 Å². The standard InChI is InChI=1S/C15H26O/c1-11-6-7-13-14(2,3)8-5-9-15(13,4)12(11)10-16/h6,12-13,16H,5,7-10H2,1-4H3/t12-,13-,15+/m1/s1. The average Bonchev–Trinajstić information content (AvgIpc) is 2.15. The highest BCUT2D eigenvalue weighted by atomic mass is 16.3. The van der Waals surface area contributed by atoms with Crippen molar-refractivity contribution in [2.24, 2.45) is 22.7 Å². The first kappa shape index (κ1) is 12.2. The lowest BCUT2D eigenvalue weighted by molar-refractivity contribution is -0.0509. The summed E-state index contributed by atoms with van der Waals surface area (Å²) < 4.78 is 0. The highest BCUT2D eigenvalue weighted by Crippen LogP contribution is 2.59. The summed E-state index contributed by atoms with van der Waals surface area (Å²) in [5.41, 5.74) is 2.19. The van der Waals surface area contributed by atoms with Gasteiger partial charge in [0.2, 0.25) is 0 Å². The molecule has 16 heavy (non-hydrogen) atoms. The molecule has 92 valence electrons. The van der Waals surface area contributed by atoms with Crippen LogP contribution in [0.1, 0.15) is 53.4 Å². The van der Waals surface area contributed by atoms with Gasteiger partial charge in [-0.15, -0.1) is 0 Å². The highest BCUT2D eigenvalue weighted by molar-refractivity contribution is 5.18. The van der Waals surface area contributed by atoms with E-state index >= 15 is 0 Å². The van der Waals surface area contributed by atoms with Crippen LogP contribution in [0.25, 0.3) is 0 Å². The summed E-state index contributed by atoms with van der Waals surface area (Å²) in [5, 5.41) is 9.69. The van der Waals surface area contributed by atoms with Crippen molar-refractivity contribution in [1.29, 1.82) is 0 Å². The Morgan fingerprint density at radius 3 is 2.62 bits per heavy atom. The van der Waals surface area contributed by atoms with Crippen molar-refractivity contribution in [2.75, 3.05) is 6.61 Å². The summed E-state index contributed by atoms with van der Waals surface area (Å²) in [6.45, 7) is 9.77. The maximum Gasteiger partial charge on any atom is 0.0501 e. The van der Waals surface area contributed by atoms with E-state index in [4.69, 9.17) is 0 Å². The molecule has 0 aromatic heterocycles. The minimum atomic E-state index is 0.325. The van der Waals surface area contributed by atoms with E-state index in [9.17, 15) is 5.11 Å². The Morgan fingerprint density at radius 2 is 2.00 bits per heavy atom. The molecule has 0 aromatic rings. The summed E-state index contributed by atoms with van der Waals surface area (Å²) >= 11 is 0. The van der Waals surface area contributed by atoms with Crippen LogP contribution in [-0.2, 0) is 0 Å². The molecule has 1 saturated carbocycles. The SMILES string of the molecule is CC1=CC[C@@H]2C(C)(C)CCC[C@@]2(C)[C@@H]1CO. The van der Waals surface area contributed by atoms with Gasteiger partial charge in [-0.1, -0.05) is 38.8 Å². The number of hydrogen-bond acceptors (Lipinski definition) is 1. The smallest absolute Gasteiger partial charge is 0.0501 e. The summed E-state index contributed by atoms with van der Waals surface area (Å²) in [4.78, 5) is 0. The Kier molecular flexibility index (Phi) is 2.94. The predicted octanol–water partition coefficient (Wildman–Crippen LogP) is 3.78. The third-order valence-electron chi connectivity index (χ3n) is 5.48. The Morgan fingerprint density at radius 1 is 1.31 bits per heavy atom. The van der Waals surface area contributed by atoms with Gasteiger partial charge >= 0.3 is 0 Å². The topological polar surface area (TPSA) is 20.2 Å². The molecule has 0 heterocycles. The highest BCUT2D eigenvalue weighted by Gasteiger charge is 2.51. The van der Waals surface area contributed by atoms with Gasteiger partial charge < -0.3 is 5.11 Å². The Labute approximate surface area is 99.9 Å². The molecule has 0 bridgehead atoms. The van der Waals surface area contributed by atoms with Crippen LogP contribution in [0.5, 0.6) is 0 Å². The zero-order valence-corrected chi connectivity index (χ0v) is 11.2. The number of aliphatic hydroxyl groups excluding tert-OH is 1.